The second-order valence-electron chi connectivity index (χ2n) is 4.62. The number of nitrogens with one attached hydrogen (secondary N) is 1. The molecule has 0 aliphatic heterocycles. The van der Waals surface area contributed by atoms with Crippen LogP contribution in [0.15, 0.2) is 16.6 Å². The zero-order valence-electron chi connectivity index (χ0n) is 11.1. The van der Waals surface area contributed by atoms with Gasteiger partial charge in [0.25, 0.3) is 0 Å². The van der Waals surface area contributed by atoms with E-state index in [4.69, 9.17) is 5.11 Å². The molecule has 0 fully saturated rings. The van der Waals surface area contributed by atoms with Crippen LogP contribution >= 0.6 is 15.9 Å². The number of rotatable bonds is 8. The lowest BCUT2D eigenvalue weighted by Gasteiger charge is -2.16. The average molecular weight is 336 g/mol. The Hall–Kier alpha value is -0.520. The first-order chi connectivity index (χ1) is 9.10. The monoisotopic (exact) mass is 335 g/mol. The third kappa shape index (κ3) is 5.16. The van der Waals surface area contributed by atoms with Gasteiger partial charge in [-0.1, -0.05) is 13.3 Å². The summed E-state index contributed by atoms with van der Waals surface area (Å²) < 4.78 is 27.5. The van der Waals surface area contributed by atoms with Crippen molar-refractivity contribution in [3.05, 3.63) is 33.8 Å². The van der Waals surface area contributed by atoms with Crippen LogP contribution in [0.2, 0.25) is 0 Å². The molecule has 1 rings (SSSR count). The van der Waals surface area contributed by atoms with Gasteiger partial charge in [-0.05, 0) is 53.4 Å². The highest BCUT2D eigenvalue weighted by molar-refractivity contribution is 9.10. The fraction of sp³-hybridized carbons (Fsp3) is 0.571. The second kappa shape index (κ2) is 8.61. The van der Waals surface area contributed by atoms with Gasteiger partial charge in [0.2, 0.25) is 0 Å². The first kappa shape index (κ1) is 16.5. The smallest absolute Gasteiger partial charge is 0.144 e. The number of hydrogen-bond acceptors (Lipinski definition) is 2. The van der Waals surface area contributed by atoms with Crippen molar-refractivity contribution in [3.8, 4) is 0 Å². The van der Waals surface area contributed by atoms with Gasteiger partial charge in [0.1, 0.15) is 11.6 Å². The van der Waals surface area contributed by atoms with Crippen LogP contribution in [0.25, 0.3) is 0 Å². The van der Waals surface area contributed by atoms with Gasteiger partial charge in [0.05, 0.1) is 4.47 Å². The number of benzene rings is 1. The van der Waals surface area contributed by atoms with E-state index in [0.29, 0.717) is 18.9 Å². The van der Waals surface area contributed by atoms with Gasteiger partial charge in [0.15, 0.2) is 0 Å². The van der Waals surface area contributed by atoms with Gasteiger partial charge < -0.3 is 10.4 Å². The summed E-state index contributed by atoms with van der Waals surface area (Å²) in [6.07, 6.45) is 2.74. The summed E-state index contributed by atoms with van der Waals surface area (Å²) in [7, 11) is 0. The molecule has 108 valence electrons. The summed E-state index contributed by atoms with van der Waals surface area (Å²) in [5.41, 5.74) is 0.0496. The lowest BCUT2D eigenvalue weighted by molar-refractivity contribution is 0.247. The van der Waals surface area contributed by atoms with E-state index in [9.17, 15) is 8.78 Å². The van der Waals surface area contributed by atoms with Crippen LogP contribution < -0.4 is 5.32 Å². The highest BCUT2D eigenvalue weighted by atomic mass is 79.9. The van der Waals surface area contributed by atoms with E-state index in [-0.39, 0.29) is 23.2 Å². The summed E-state index contributed by atoms with van der Waals surface area (Å²) in [5, 5.41) is 12.0. The molecule has 0 amide bonds. The topological polar surface area (TPSA) is 32.3 Å². The fourth-order valence-corrected chi connectivity index (χ4v) is 2.44. The minimum atomic E-state index is -0.554. The standard InChI is InChI=1S/C14H20BrF2NO/c1-2-3-10(6-7-19)8-18-9-11-13(16)5-4-12(15)14(11)17/h4-5,10,18-19H,2-3,6-9H2,1H3. The quantitative estimate of drug-likeness (QED) is 0.711. The van der Waals surface area contributed by atoms with Crippen LogP contribution in [-0.4, -0.2) is 18.3 Å². The average Bonchev–Trinajstić information content (AvgIpc) is 2.38. The van der Waals surface area contributed by atoms with Gasteiger partial charge >= 0.3 is 0 Å². The van der Waals surface area contributed by atoms with Crippen LogP contribution in [0, 0.1) is 17.6 Å². The molecule has 0 aliphatic carbocycles. The molecule has 2 N–H and O–H groups in total. The van der Waals surface area contributed by atoms with E-state index >= 15 is 0 Å². The Morgan fingerprint density at radius 1 is 1.32 bits per heavy atom. The third-order valence-electron chi connectivity index (χ3n) is 3.11. The molecule has 19 heavy (non-hydrogen) atoms. The molecule has 1 atom stereocenters. The van der Waals surface area contributed by atoms with Crippen molar-refractivity contribution in [2.45, 2.75) is 32.7 Å². The maximum atomic E-state index is 13.7. The van der Waals surface area contributed by atoms with Crippen LogP contribution in [0.1, 0.15) is 31.7 Å². The zero-order chi connectivity index (χ0) is 14.3. The summed E-state index contributed by atoms with van der Waals surface area (Å²) in [4.78, 5) is 0. The van der Waals surface area contributed by atoms with Crippen molar-refractivity contribution in [3.63, 3.8) is 0 Å². The van der Waals surface area contributed by atoms with Gasteiger partial charge in [-0.15, -0.1) is 0 Å². The van der Waals surface area contributed by atoms with Crippen LogP contribution in [0.3, 0.4) is 0 Å². The Balaban J connectivity index is 2.54. The lowest BCUT2D eigenvalue weighted by Crippen LogP contribution is -2.24. The molecule has 5 heteroatoms. The van der Waals surface area contributed by atoms with Gasteiger partial charge in [-0.3, -0.25) is 0 Å². The van der Waals surface area contributed by atoms with E-state index in [1.807, 2.05) is 0 Å². The molecule has 2 nitrogen and oxygen atoms in total. The molecular weight excluding hydrogens is 316 g/mol. The fourth-order valence-electron chi connectivity index (χ4n) is 2.07. The molecule has 0 spiro atoms. The summed E-state index contributed by atoms with van der Waals surface area (Å²) in [6, 6.07) is 2.61. The van der Waals surface area contributed by atoms with Gasteiger partial charge in [-0.25, -0.2) is 8.78 Å². The Morgan fingerprint density at radius 3 is 2.68 bits per heavy atom. The summed E-state index contributed by atoms with van der Waals surface area (Å²) >= 11 is 3.05. The Morgan fingerprint density at radius 2 is 2.05 bits per heavy atom. The molecule has 0 bridgehead atoms. The largest absolute Gasteiger partial charge is 0.396 e. The first-order valence-corrected chi connectivity index (χ1v) is 7.33. The van der Waals surface area contributed by atoms with Crippen LogP contribution in [0.5, 0.6) is 0 Å². The molecule has 0 aliphatic rings. The maximum absolute atomic E-state index is 13.7. The second-order valence-corrected chi connectivity index (χ2v) is 5.47. The molecule has 0 aromatic heterocycles. The summed E-state index contributed by atoms with van der Waals surface area (Å²) in [5.74, 6) is -0.752. The Bertz CT molecular complexity index is 395. The van der Waals surface area contributed by atoms with Crippen molar-refractivity contribution in [1.82, 2.24) is 5.32 Å². The van der Waals surface area contributed by atoms with E-state index in [1.165, 1.54) is 12.1 Å². The van der Waals surface area contributed by atoms with Crippen molar-refractivity contribution >= 4 is 15.9 Å². The molecule has 1 aromatic rings. The van der Waals surface area contributed by atoms with Crippen molar-refractivity contribution in [2.75, 3.05) is 13.2 Å². The maximum Gasteiger partial charge on any atom is 0.144 e. The van der Waals surface area contributed by atoms with E-state index in [0.717, 1.165) is 12.8 Å². The molecular formula is C14H20BrF2NO. The van der Waals surface area contributed by atoms with E-state index < -0.39 is 11.6 Å². The molecule has 0 heterocycles. The SMILES string of the molecule is CCCC(CCO)CNCc1c(F)ccc(Br)c1F. The van der Waals surface area contributed by atoms with Gasteiger partial charge in [-0.2, -0.15) is 0 Å². The van der Waals surface area contributed by atoms with Crippen LogP contribution in [-0.2, 0) is 6.54 Å². The number of aliphatic hydroxyl groups is 1. The Kier molecular flexibility index (Phi) is 7.49. The van der Waals surface area contributed by atoms with Crippen molar-refractivity contribution in [2.24, 2.45) is 5.92 Å². The molecule has 0 radical (unpaired) electrons. The predicted molar refractivity (Wildman–Crippen MR) is 75.9 cm³/mol. The molecule has 1 aromatic carbocycles. The summed E-state index contributed by atoms with van der Waals surface area (Å²) in [6.45, 7) is 3.03. The lowest BCUT2D eigenvalue weighted by atomic mass is 10.00. The predicted octanol–water partition coefficient (Wildman–Crippen LogP) is 3.62. The van der Waals surface area contributed by atoms with Crippen LogP contribution in [0.4, 0.5) is 8.78 Å². The van der Waals surface area contributed by atoms with Gasteiger partial charge in [0, 0.05) is 18.7 Å². The van der Waals surface area contributed by atoms with Crippen molar-refractivity contribution in [1.29, 1.82) is 0 Å². The molecule has 0 saturated carbocycles. The van der Waals surface area contributed by atoms with E-state index in [2.05, 4.69) is 28.2 Å². The first-order valence-electron chi connectivity index (χ1n) is 6.54. The van der Waals surface area contributed by atoms with E-state index in [1.54, 1.807) is 0 Å². The third-order valence-corrected chi connectivity index (χ3v) is 3.72. The minimum absolute atomic E-state index is 0.0496. The van der Waals surface area contributed by atoms with Crippen molar-refractivity contribution < 1.29 is 13.9 Å². The highest BCUT2D eigenvalue weighted by Gasteiger charge is 2.13. The zero-order valence-corrected chi connectivity index (χ0v) is 12.6. The normalized spacial score (nSPS) is 12.7. The number of aliphatic hydroxyl groups excluding tert-OH is 1. The number of halogens is 3. The highest BCUT2D eigenvalue weighted by Crippen LogP contribution is 2.21. The number of hydrogen-bond donors (Lipinski definition) is 2. The molecule has 1 unspecified atom stereocenters. The minimum Gasteiger partial charge on any atom is -0.396 e. The molecule has 0 saturated heterocycles. The Labute approximate surface area is 121 Å².